The van der Waals surface area contributed by atoms with E-state index in [1.165, 1.54) is 30.3 Å². The molecule has 1 amide bonds. The van der Waals surface area contributed by atoms with Crippen LogP contribution in [-0.2, 0) is 4.79 Å². The lowest BCUT2D eigenvalue weighted by molar-refractivity contribution is -0.139. The van der Waals surface area contributed by atoms with E-state index >= 15 is 0 Å². The largest absolute Gasteiger partial charge is 0.497 e. The Morgan fingerprint density at radius 1 is 0.870 bits per heavy atom. The van der Waals surface area contributed by atoms with Crippen LogP contribution in [-0.4, -0.2) is 51.1 Å². The fraction of sp³-hybridized carbons (Fsp3) is 0.278. The second-order valence-corrected chi connectivity index (χ2v) is 11.3. The number of benzene rings is 3. The van der Waals surface area contributed by atoms with Gasteiger partial charge in [0.25, 0.3) is 5.91 Å². The van der Waals surface area contributed by atoms with Gasteiger partial charge in [-0.3, -0.25) is 9.59 Å². The molecule has 0 saturated heterocycles. The number of hydrogen-bond acceptors (Lipinski definition) is 5. The highest BCUT2D eigenvalue weighted by molar-refractivity contribution is 6.06. The lowest BCUT2D eigenvalue weighted by Crippen LogP contribution is -2.29. The molecule has 0 bridgehead atoms. The number of carbonyl (C=O) groups is 2. The molecule has 1 heterocycles. The monoisotopic (exact) mass is 632 g/mol. The molecule has 8 nitrogen and oxygen atoms in total. The Labute approximate surface area is 266 Å². The third-order valence-corrected chi connectivity index (χ3v) is 7.60. The van der Waals surface area contributed by atoms with Gasteiger partial charge in [0.05, 0.1) is 31.8 Å². The first-order valence-corrected chi connectivity index (χ1v) is 14.9. The van der Waals surface area contributed by atoms with E-state index in [1.807, 2.05) is 32.9 Å². The molecule has 0 fully saturated rings. The van der Waals surface area contributed by atoms with Gasteiger partial charge < -0.3 is 29.9 Å². The van der Waals surface area contributed by atoms with Crippen molar-refractivity contribution in [3.05, 3.63) is 107 Å². The first kappa shape index (κ1) is 34.1. The van der Waals surface area contributed by atoms with Crippen molar-refractivity contribution >= 4 is 18.0 Å². The molecule has 0 aliphatic rings. The van der Waals surface area contributed by atoms with Crippen LogP contribution >= 0.6 is 0 Å². The van der Waals surface area contributed by atoms with Gasteiger partial charge in [0.2, 0.25) is 0 Å². The summed E-state index contributed by atoms with van der Waals surface area (Å²) in [5, 5.41) is 32.9. The normalized spacial score (nSPS) is 13.5. The second kappa shape index (κ2) is 15.0. The average molecular weight is 633 g/mol. The van der Waals surface area contributed by atoms with Crippen LogP contribution in [0.3, 0.4) is 0 Å². The van der Waals surface area contributed by atoms with Gasteiger partial charge >= 0.3 is 5.97 Å². The Kier molecular flexibility index (Phi) is 11.1. The Morgan fingerprint density at radius 3 is 1.91 bits per heavy atom. The van der Waals surface area contributed by atoms with Crippen LogP contribution in [0.25, 0.3) is 28.3 Å². The summed E-state index contributed by atoms with van der Waals surface area (Å²) in [4.78, 5) is 25.3. The number of aromatic nitrogens is 1. The van der Waals surface area contributed by atoms with Crippen molar-refractivity contribution in [1.82, 2.24) is 9.88 Å². The van der Waals surface area contributed by atoms with Crippen molar-refractivity contribution < 1.29 is 38.4 Å². The van der Waals surface area contributed by atoms with Crippen LogP contribution in [0.2, 0.25) is 0 Å². The van der Waals surface area contributed by atoms with Crippen LogP contribution in [0, 0.1) is 11.6 Å². The lowest BCUT2D eigenvalue weighted by Gasteiger charge is -2.20. The molecule has 0 spiro atoms. The average Bonchev–Trinajstić information content (AvgIpc) is 3.36. The fourth-order valence-corrected chi connectivity index (χ4v) is 5.42. The Bertz CT molecular complexity index is 1680. The first-order chi connectivity index (χ1) is 21.9. The predicted octanol–water partition coefficient (Wildman–Crippen LogP) is 6.78. The molecule has 242 valence electrons. The predicted molar refractivity (Wildman–Crippen MR) is 172 cm³/mol. The Hall–Kier alpha value is -4.80. The fourth-order valence-electron chi connectivity index (χ4n) is 5.42. The Morgan fingerprint density at radius 2 is 1.41 bits per heavy atom. The number of carboxylic acids is 1. The zero-order valence-electron chi connectivity index (χ0n) is 26.1. The van der Waals surface area contributed by atoms with Crippen LogP contribution in [0.4, 0.5) is 8.78 Å². The summed E-state index contributed by atoms with van der Waals surface area (Å²) in [6, 6.07) is 18.0. The minimum Gasteiger partial charge on any atom is -0.497 e. The van der Waals surface area contributed by atoms with Gasteiger partial charge in [0, 0.05) is 29.3 Å². The number of aliphatic hydroxyl groups is 2. The zero-order valence-corrected chi connectivity index (χ0v) is 26.1. The number of hydrogen-bond donors (Lipinski definition) is 4. The number of aliphatic carboxylic acids is 1. The number of methoxy groups -OCH3 is 1. The molecule has 46 heavy (non-hydrogen) atoms. The van der Waals surface area contributed by atoms with Gasteiger partial charge in [-0.15, -0.1) is 0 Å². The summed E-state index contributed by atoms with van der Waals surface area (Å²) >= 11 is 0. The molecule has 4 N–H and O–H groups in total. The van der Waals surface area contributed by atoms with E-state index in [2.05, 4.69) is 5.32 Å². The topological polar surface area (TPSA) is 121 Å². The summed E-state index contributed by atoms with van der Waals surface area (Å²) in [5.41, 5.74) is 3.71. The number of carbonyl (C=O) groups excluding carboxylic acids is 1. The number of amides is 1. The molecule has 0 aliphatic heterocycles. The van der Waals surface area contributed by atoms with E-state index in [0.29, 0.717) is 33.7 Å². The van der Waals surface area contributed by atoms with E-state index in [4.69, 9.17) is 9.84 Å². The van der Waals surface area contributed by atoms with Gasteiger partial charge in [-0.05, 0) is 79.9 Å². The van der Waals surface area contributed by atoms with E-state index < -0.39 is 48.2 Å². The number of rotatable bonds is 13. The van der Waals surface area contributed by atoms with Gasteiger partial charge in [-0.2, -0.15) is 0 Å². The summed E-state index contributed by atoms with van der Waals surface area (Å²) in [6.07, 6.45) is -0.224. The lowest BCUT2D eigenvalue weighted by atomic mass is 9.94. The van der Waals surface area contributed by atoms with E-state index in [-0.39, 0.29) is 18.2 Å². The molecule has 3 atom stereocenters. The summed E-state index contributed by atoms with van der Waals surface area (Å²) in [7, 11) is 1.57. The van der Waals surface area contributed by atoms with Gasteiger partial charge in [-0.1, -0.05) is 42.5 Å². The molecule has 0 aliphatic carbocycles. The van der Waals surface area contributed by atoms with Gasteiger partial charge in [0.15, 0.2) is 0 Å². The Balaban J connectivity index is 1.93. The maximum absolute atomic E-state index is 14.3. The molecular weight excluding hydrogens is 594 g/mol. The van der Waals surface area contributed by atoms with Crippen molar-refractivity contribution in [3.63, 3.8) is 0 Å². The highest BCUT2D eigenvalue weighted by Gasteiger charge is 2.30. The molecule has 1 aromatic heterocycles. The SMILES string of the molecule is COc1ccc([C@H](C)NC(=O)c2c(-c3ccc(F)cc3)c(-c3ccc(F)cc3)c(/C=C/[C@@H](O)C[C@@H](O)CC(=O)O)n2C(C)C)cc1. The minimum atomic E-state index is -1.28. The van der Waals surface area contributed by atoms with Crippen LogP contribution in [0.5, 0.6) is 5.75 Å². The number of aliphatic hydroxyl groups excluding tert-OH is 2. The summed E-state index contributed by atoms with van der Waals surface area (Å²) < 4.78 is 35.3. The van der Waals surface area contributed by atoms with Crippen LogP contribution < -0.4 is 10.1 Å². The summed E-state index contributed by atoms with van der Waals surface area (Å²) in [5.74, 6) is -1.86. The molecule has 0 radical (unpaired) electrons. The van der Waals surface area contributed by atoms with E-state index in [1.54, 1.807) is 54.2 Å². The number of nitrogens with one attached hydrogen (secondary N) is 1. The molecule has 10 heteroatoms. The number of ether oxygens (including phenoxy) is 1. The zero-order chi connectivity index (χ0) is 33.5. The third kappa shape index (κ3) is 8.07. The first-order valence-electron chi connectivity index (χ1n) is 14.9. The number of halogens is 2. The van der Waals surface area contributed by atoms with Crippen molar-refractivity contribution in [2.75, 3.05) is 7.11 Å². The molecule has 3 aromatic carbocycles. The highest BCUT2D eigenvalue weighted by Crippen LogP contribution is 2.43. The van der Waals surface area contributed by atoms with Gasteiger partial charge in [-0.25, -0.2) is 8.78 Å². The number of nitrogens with zero attached hydrogens (tertiary/aromatic N) is 1. The van der Waals surface area contributed by atoms with Crippen molar-refractivity contribution in [1.29, 1.82) is 0 Å². The van der Waals surface area contributed by atoms with E-state index in [0.717, 1.165) is 5.56 Å². The van der Waals surface area contributed by atoms with Crippen molar-refractivity contribution in [2.24, 2.45) is 0 Å². The standard InChI is InChI=1S/C36H38F2N2O6/c1-21(2)40-31(18-15-28(41)19-29(42)20-32(43)44)33(24-5-11-26(37)12-6-24)34(25-7-13-27(38)14-8-25)35(40)36(45)39-22(3)23-9-16-30(46-4)17-10-23/h5-18,21-22,28-29,41-42H,19-20H2,1-4H3,(H,39,45)(H,43,44)/b18-15+/t22-,28+,29+/m0/s1. The molecule has 4 rings (SSSR count). The van der Waals surface area contributed by atoms with Crippen molar-refractivity contribution in [3.8, 4) is 28.0 Å². The van der Waals surface area contributed by atoms with Crippen LogP contribution in [0.15, 0.2) is 78.9 Å². The van der Waals surface area contributed by atoms with Crippen LogP contribution in [0.1, 0.15) is 67.4 Å². The van der Waals surface area contributed by atoms with E-state index in [9.17, 15) is 28.6 Å². The quantitative estimate of drug-likeness (QED) is 0.129. The minimum absolute atomic E-state index is 0.228. The summed E-state index contributed by atoms with van der Waals surface area (Å²) in [6.45, 7) is 5.62. The second-order valence-electron chi connectivity index (χ2n) is 11.3. The van der Waals surface area contributed by atoms with Gasteiger partial charge in [0.1, 0.15) is 23.1 Å². The molecule has 0 saturated carbocycles. The highest BCUT2D eigenvalue weighted by atomic mass is 19.1. The number of carboxylic acid groups (broad SMARTS) is 1. The molecular formula is C36H38F2N2O6. The van der Waals surface area contributed by atoms with Crippen molar-refractivity contribution in [2.45, 2.75) is 57.9 Å². The third-order valence-electron chi connectivity index (χ3n) is 7.60. The smallest absolute Gasteiger partial charge is 0.305 e. The maximum atomic E-state index is 14.3. The molecule has 4 aromatic rings. The molecule has 0 unspecified atom stereocenters. The maximum Gasteiger partial charge on any atom is 0.305 e.